The lowest BCUT2D eigenvalue weighted by molar-refractivity contribution is -0.127. The number of hydrogen-bond acceptors (Lipinski definition) is 2. The van der Waals surface area contributed by atoms with Gasteiger partial charge in [-0.1, -0.05) is 43.0 Å². The first kappa shape index (κ1) is 23.2. The summed E-state index contributed by atoms with van der Waals surface area (Å²) in [5.41, 5.74) is -0.395. The zero-order valence-electron chi connectivity index (χ0n) is 16.8. The van der Waals surface area contributed by atoms with Crippen LogP contribution < -0.4 is 10.6 Å². The molecule has 2 saturated carbocycles. The van der Waals surface area contributed by atoms with Crippen LogP contribution in [0.2, 0.25) is 10.0 Å². The normalized spacial score (nSPS) is 25.7. The molecule has 9 heteroatoms. The maximum absolute atomic E-state index is 14.8. The Bertz CT molecular complexity index is 844. The van der Waals surface area contributed by atoms with Crippen LogP contribution in [0.3, 0.4) is 0 Å². The van der Waals surface area contributed by atoms with Crippen LogP contribution in [0.5, 0.6) is 0 Å². The van der Waals surface area contributed by atoms with Crippen molar-refractivity contribution >= 4 is 35.0 Å². The molecule has 2 fully saturated rings. The summed E-state index contributed by atoms with van der Waals surface area (Å²) in [6, 6.07) is 0.330. The van der Waals surface area contributed by atoms with Crippen molar-refractivity contribution in [2.24, 2.45) is 11.3 Å². The summed E-state index contributed by atoms with van der Waals surface area (Å²) in [4.78, 5) is 24.2. The molecule has 2 amide bonds. The minimum absolute atomic E-state index is 0.0166. The van der Waals surface area contributed by atoms with Gasteiger partial charge in [-0.15, -0.1) is 0 Å². The van der Waals surface area contributed by atoms with Gasteiger partial charge in [-0.2, -0.15) is 0 Å². The van der Waals surface area contributed by atoms with E-state index in [0.717, 1.165) is 32.6 Å². The van der Waals surface area contributed by atoms with Crippen LogP contribution in [0.4, 0.5) is 13.2 Å². The molecule has 4 nitrogen and oxygen atoms in total. The van der Waals surface area contributed by atoms with E-state index in [1.807, 2.05) is 6.92 Å². The summed E-state index contributed by atoms with van der Waals surface area (Å²) in [6.45, 7) is 3.09. The minimum Gasteiger partial charge on any atom is -0.348 e. The SMILES string of the molecule is CC(=O)N[C@H]1C[C@@H](C(=O)N[C@H](c2c(F)ccc(Cl)c2Cl)C2(C)CCCC2)CC1(F)F. The standard InChI is InChI=1S/C21H25Cl2F3N2O2/c1-11(29)27-15-9-12(10-21(15,25)26)19(30)28-18(20(2)7-3-4-8-20)16-14(24)6-5-13(22)17(16)23/h5-6,12,15,18H,3-4,7-10H2,1-2H3,(H,27,29)(H,28,30)/t12-,15+,18-/m1/s1. The van der Waals surface area contributed by atoms with E-state index in [4.69, 9.17) is 23.2 Å². The first-order valence-electron chi connectivity index (χ1n) is 10.0. The Kier molecular flexibility index (Phi) is 6.63. The number of carbonyl (C=O) groups is 2. The fourth-order valence-electron chi connectivity index (χ4n) is 4.75. The van der Waals surface area contributed by atoms with E-state index in [-0.39, 0.29) is 22.0 Å². The van der Waals surface area contributed by atoms with Gasteiger partial charge >= 0.3 is 0 Å². The maximum Gasteiger partial charge on any atom is 0.268 e. The molecule has 0 spiro atoms. The summed E-state index contributed by atoms with van der Waals surface area (Å²) in [5, 5.41) is 5.21. The lowest BCUT2D eigenvalue weighted by atomic mass is 9.76. The quantitative estimate of drug-likeness (QED) is 0.571. The second-order valence-electron chi connectivity index (χ2n) is 8.71. The third-order valence-corrected chi connectivity index (χ3v) is 7.21. The summed E-state index contributed by atoms with van der Waals surface area (Å²) in [7, 11) is 0. The van der Waals surface area contributed by atoms with Crippen molar-refractivity contribution in [1.29, 1.82) is 0 Å². The minimum atomic E-state index is -3.20. The predicted molar refractivity (Wildman–Crippen MR) is 109 cm³/mol. The zero-order valence-corrected chi connectivity index (χ0v) is 18.3. The van der Waals surface area contributed by atoms with Crippen LogP contribution in [0.1, 0.15) is 64.0 Å². The second kappa shape index (κ2) is 8.58. The molecule has 1 aromatic rings. The molecule has 0 aromatic heterocycles. The fraction of sp³-hybridized carbons (Fsp3) is 0.619. The summed E-state index contributed by atoms with van der Waals surface area (Å²) in [6.07, 6.45) is 2.42. The Morgan fingerprint density at radius 3 is 2.43 bits per heavy atom. The molecule has 0 aliphatic heterocycles. The van der Waals surface area contributed by atoms with E-state index in [0.29, 0.717) is 0 Å². The summed E-state index contributed by atoms with van der Waals surface area (Å²) < 4.78 is 43.4. The Hall–Kier alpha value is -1.47. The maximum atomic E-state index is 14.8. The Morgan fingerprint density at radius 1 is 1.20 bits per heavy atom. The molecule has 0 radical (unpaired) electrons. The van der Waals surface area contributed by atoms with Gasteiger partial charge in [0.2, 0.25) is 11.8 Å². The molecule has 3 atom stereocenters. The molecule has 30 heavy (non-hydrogen) atoms. The first-order chi connectivity index (χ1) is 13.9. The molecule has 2 aliphatic rings. The van der Waals surface area contributed by atoms with Crippen molar-refractivity contribution < 1.29 is 22.8 Å². The number of amides is 2. The number of hydrogen-bond donors (Lipinski definition) is 2. The smallest absolute Gasteiger partial charge is 0.268 e. The number of nitrogens with one attached hydrogen (secondary N) is 2. The second-order valence-corrected chi connectivity index (χ2v) is 9.50. The number of alkyl halides is 2. The fourth-order valence-corrected chi connectivity index (χ4v) is 5.18. The van der Waals surface area contributed by atoms with Crippen LogP contribution in [0.25, 0.3) is 0 Å². The van der Waals surface area contributed by atoms with Gasteiger partial charge in [-0.25, -0.2) is 13.2 Å². The largest absolute Gasteiger partial charge is 0.348 e. The average Bonchev–Trinajstić information content (AvgIpc) is 3.21. The van der Waals surface area contributed by atoms with E-state index in [9.17, 15) is 22.8 Å². The van der Waals surface area contributed by atoms with E-state index in [2.05, 4.69) is 10.6 Å². The molecule has 166 valence electrons. The van der Waals surface area contributed by atoms with E-state index >= 15 is 0 Å². The summed E-state index contributed by atoms with van der Waals surface area (Å²) >= 11 is 12.4. The van der Waals surface area contributed by atoms with Crippen molar-refractivity contribution in [2.75, 3.05) is 0 Å². The van der Waals surface area contributed by atoms with Crippen LogP contribution >= 0.6 is 23.2 Å². The van der Waals surface area contributed by atoms with E-state index in [1.54, 1.807) is 0 Å². The number of halogens is 5. The highest BCUT2D eigenvalue weighted by atomic mass is 35.5. The molecule has 3 rings (SSSR count). The van der Waals surface area contributed by atoms with Crippen molar-refractivity contribution in [3.63, 3.8) is 0 Å². The highest BCUT2D eigenvalue weighted by molar-refractivity contribution is 6.42. The molecule has 0 saturated heterocycles. The Labute approximate surface area is 183 Å². The van der Waals surface area contributed by atoms with Crippen LogP contribution in [0.15, 0.2) is 12.1 Å². The van der Waals surface area contributed by atoms with Crippen molar-refractivity contribution in [3.8, 4) is 0 Å². The molecule has 2 N–H and O–H groups in total. The molecule has 0 bridgehead atoms. The molecular weight excluding hydrogens is 440 g/mol. The van der Waals surface area contributed by atoms with Crippen LogP contribution in [0, 0.1) is 17.2 Å². The topological polar surface area (TPSA) is 58.2 Å². The average molecular weight is 465 g/mol. The van der Waals surface area contributed by atoms with Gasteiger partial charge in [0.25, 0.3) is 5.92 Å². The van der Waals surface area contributed by atoms with Gasteiger partial charge < -0.3 is 10.6 Å². The van der Waals surface area contributed by atoms with Crippen molar-refractivity contribution in [2.45, 2.75) is 70.4 Å². The van der Waals surface area contributed by atoms with Crippen molar-refractivity contribution in [1.82, 2.24) is 10.6 Å². The Balaban J connectivity index is 1.89. The number of rotatable bonds is 5. The van der Waals surface area contributed by atoms with Crippen LogP contribution in [-0.4, -0.2) is 23.8 Å². The summed E-state index contributed by atoms with van der Waals surface area (Å²) in [5.74, 6) is -5.98. The monoisotopic (exact) mass is 464 g/mol. The first-order valence-corrected chi connectivity index (χ1v) is 10.8. The lowest BCUT2D eigenvalue weighted by Crippen LogP contribution is -2.43. The van der Waals surface area contributed by atoms with Gasteiger partial charge in [0.15, 0.2) is 0 Å². The van der Waals surface area contributed by atoms with Crippen molar-refractivity contribution in [3.05, 3.63) is 33.6 Å². The van der Waals surface area contributed by atoms with Gasteiger partial charge in [-0.05, 0) is 36.8 Å². The van der Waals surface area contributed by atoms with Crippen LogP contribution in [-0.2, 0) is 9.59 Å². The van der Waals surface area contributed by atoms with Gasteiger partial charge in [0.05, 0.1) is 22.1 Å². The number of benzene rings is 1. The Morgan fingerprint density at radius 2 is 1.83 bits per heavy atom. The van der Waals surface area contributed by atoms with E-state index in [1.165, 1.54) is 12.1 Å². The van der Waals surface area contributed by atoms with E-state index < -0.39 is 53.4 Å². The molecule has 2 aliphatic carbocycles. The highest BCUT2D eigenvalue weighted by Gasteiger charge is 2.52. The third-order valence-electron chi connectivity index (χ3n) is 6.39. The molecule has 1 aromatic carbocycles. The number of carbonyl (C=O) groups excluding carboxylic acids is 2. The van der Waals surface area contributed by atoms with Gasteiger partial charge in [0, 0.05) is 24.8 Å². The van der Waals surface area contributed by atoms with Gasteiger partial charge in [-0.3, -0.25) is 9.59 Å². The lowest BCUT2D eigenvalue weighted by Gasteiger charge is -2.36. The predicted octanol–water partition coefficient (Wildman–Crippen LogP) is 5.42. The molecular formula is C21H25Cl2F3N2O2. The molecule has 0 heterocycles. The zero-order chi connectivity index (χ0) is 22.3. The van der Waals surface area contributed by atoms with Gasteiger partial charge in [0.1, 0.15) is 5.82 Å². The molecule has 0 unspecified atom stereocenters. The highest BCUT2D eigenvalue weighted by Crippen LogP contribution is 2.50. The third kappa shape index (κ3) is 4.57.